The van der Waals surface area contributed by atoms with Crippen molar-refractivity contribution < 1.29 is 20.2 Å². The van der Waals surface area contributed by atoms with Crippen LogP contribution in [0.15, 0.2) is 22.0 Å². The maximum atomic E-state index is 11.8. The van der Waals surface area contributed by atoms with Crippen molar-refractivity contribution in [2.24, 2.45) is 0 Å². The molecule has 6 rings (SSSR count). The van der Waals surface area contributed by atoms with Gasteiger partial charge in [0.05, 0.1) is 18.3 Å². The van der Waals surface area contributed by atoms with E-state index >= 15 is 0 Å². The number of aliphatic hydroxyl groups excluding tert-OH is 1. The zero-order valence-corrected chi connectivity index (χ0v) is 25.9. The maximum absolute atomic E-state index is 11.8. The van der Waals surface area contributed by atoms with Crippen LogP contribution in [0.2, 0.25) is 0 Å². The molecule has 4 aromatic rings. The molecule has 0 unspecified atom stereocenters. The van der Waals surface area contributed by atoms with E-state index in [0.717, 1.165) is 50.5 Å². The van der Waals surface area contributed by atoms with Crippen LogP contribution in [0.25, 0.3) is 11.0 Å². The van der Waals surface area contributed by atoms with E-state index in [9.17, 15) is 9.59 Å². The van der Waals surface area contributed by atoms with Crippen molar-refractivity contribution >= 4 is 53.2 Å². The zero-order chi connectivity index (χ0) is 31.4. The second-order valence-corrected chi connectivity index (χ2v) is 11.7. The van der Waals surface area contributed by atoms with Gasteiger partial charge in [0.2, 0.25) is 9.23 Å². The summed E-state index contributed by atoms with van der Waals surface area (Å²) in [6.45, 7) is 4.86. The molecule has 0 radical (unpaired) electrons. The molecule has 0 aliphatic carbocycles. The smallest absolute Gasteiger partial charge is 0.277 e. The van der Waals surface area contributed by atoms with Crippen LogP contribution in [0.1, 0.15) is 76.0 Å². The Morgan fingerprint density at radius 1 is 0.929 bits per heavy atom. The number of halogens is 3. The van der Waals surface area contributed by atoms with Crippen LogP contribution in [0.5, 0.6) is 0 Å². The molecule has 4 aromatic heterocycles. The summed E-state index contributed by atoms with van der Waals surface area (Å²) in [4.78, 5) is 37.4. The molecule has 0 amide bonds. The zero-order valence-electron chi connectivity index (χ0n) is 23.8. The molecule has 42 heavy (non-hydrogen) atoms. The number of imidazole rings is 2. The predicted octanol–water partition coefficient (Wildman–Crippen LogP) is 2.92. The topological polar surface area (TPSA) is 182 Å². The molecule has 14 nitrogen and oxygen atoms in total. The second-order valence-electron chi connectivity index (χ2n) is 8.88. The molecule has 0 bridgehead atoms. The number of fused-ring (bicyclic) bond motifs is 2. The normalized spacial score (nSPS) is 16.2. The Morgan fingerprint density at radius 3 is 1.69 bits per heavy atom. The lowest BCUT2D eigenvalue weighted by Gasteiger charge is -2.20. The Hall–Kier alpha value is -2.40. The summed E-state index contributed by atoms with van der Waals surface area (Å²) < 4.78 is 29.1. The second kappa shape index (κ2) is 17.0. The van der Waals surface area contributed by atoms with Gasteiger partial charge in [-0.3, -0.25) is 9.59 Å². The molecular weight excluding hydrogens is 635 g/mol. The minimum Gasteiger partial charge on any atom is -0.388 e. The van der Waals surface area contributed by atoms with E-state index in [1.54, 1.807) is 22.2 Å². The van der Waals surface area contributed by atoms with Crippen LogP contribution < -0.4 is 11.1 Å². The first-order chi connectivity index (χ1) is 20.7. The SMILES string of the molecule is O=S(Cl)Cl.O=c1[nH]c(CCl)nn2c(C3CCOCC3)ncc12.O=c1[nH]c(CO)nn2c(C3CCOCC3)ncc12.[2H]CC. The monoisotopic (exact) mass is 667 g/mol. The maximum Gasteiger partial charge on any atom is 0.277 e. The molecule has 2 saturated heterocycles. The summed E-state index contributed by atoms with van der Waals surface area (Å²) in [6.07, 6.45) is 6.66. The largest absolute Gasteiger partial charge is 0.388 e. The van der Waals surface area contributed by atoms with Gasteiger partial charge in [-0.05, 0) is 25.7 Å². The Balaban J connectivity index is 0.000000194. The first-order valence-electron chi connectivity index (χ1n) is 13.7. The number of alkyl halides is 1. The van der Waals surface area contributed by atoms with Crippen LogP contribution in [0.4, 0.5) is 0 Å². The highest BCUT2D eigenvalue weighted by molar-refractivity contribution is 8.26. The van der Waals surface area contributed by atoms with Gasteiger partial charge in [0.1, 0.15) is 24.1 Å². The molecule has 0 atom stereocenters. The number of aromatic amines is 2. The van der Waals surface area contributed by atoms with Crippen LogP contribution in [0, 0.1) is 0 Å². The lowest BCUT2D eigenvalue weighted by molar-refractivity contribution is 0.0831. The quantitative estimate of drug-likeness (QED) is 0.216. The third kappa shape index (κ3) is 8.81. The van der Waals surface area contributed by atoms with Gasteiger partial charge in [0, 0.05) is 61.0 Å². The predicted molar refractivity (Wildman–Crippen MR) is 159 cm³/mol. The van der Waals surface area contributed by atoms with Crippen LogP contribution >= 0.6 is 33.0 Å². The number of nitrogens with one attached hydrogen (secondary N) is 2. The van der Waals surface area contributed by atoms with Crippen LogP contribution in [0.3, 0.4) is 0 Å². The molecule has 3 N–H and O–H groups in total. The van der Waals surface area contributed by atoms with E-state index in [0.29, 0.717) is 42.9 Å². The Labute approximate surface area is 258 Å². The highest BCUT2D eigenvalue weighted by Crippen LogP contribution is 2.26. The third-order valence-electron chi connectivity index (χ3n) is 6.40. The third-order valence-corrected chi connectivity index (χ3v) is 6.65. The van der Waals surface area contributed by atoms with Gasteiger partial charge in [-0.2, -0.15) is 10.2 Å². The molecule has 0 aromatic carbocycles. The minimum absolute atomic E-state index is 0.177. The molecule has 0 spiro atoms. The van der Waals surface area contributed by atoms with E-state index in [4.69, 9.17) is 31.8 Å². The van der Waals surface area contributed by atoms with Gasteiger partial charge in [0.25, 0.3) is 11.1 Å². The fraction of sp³-hybridized carbons (Fsp3) is 0.583. The standard InChI is InChI=1S/C11H13ClN4O2.C11H14N4O3.C2H6.Cl2OS/c12-5-9-14-11(17)8-6-13-10(16(8)15-9)7-1-3-18-4-2-7;16-6-9-13-11(17)8-5-12-10(15(8)14-9)7-1-3-18-4-2-7;1-2;1-4(2)3/h6-7H,1-5H2,(H,14,15,17);5,7,16H,1-4,6H2,(H,13,14,17);1-2H3;/i;;1D;. The number of aromatic nitrogens is 8. The van der Waals surface area contributed by atoms with Crippen molar-refractivity contribution in [1.82, 2.24) is 39.2 Å². The van der Waals surface area contributed by atoms with Crippen LogP contribution in [-0.4, -0.2) is 74.9 Å². The molecule has 6 heterocycles. The van der Waals surface area contributed by atoms with Gasteiger partial charge < -0.3 is 24.5 Å². The van der Waals surface area contributed by atoms with E-state index in [-0.39, 0.29) is 35.3 Å². The molecule has 232 valence electrons. The lowest BCUT2D eigenvalue weighted by Crippen LogP contribution is -2.20. The van der Waals surface area contributed by atoms with E-state index in [2.05, 4.69) is 51.5 Å². The number of ether oxygens (including phenoxy) is 2. The lowest BCUT2D eigenvalue weighted by atomic mass is 10.00. The van der Waals surface area contributed by atoms with Crippen molar-refractivity contribution in [2.75, 3.05) is 26.4 Å². The average Bonchev–Trinajstić information content (AvgIpc) is 3.64. The van der Waals surface area contributed by atoms with Crippen molar-refractivity contribution in [1.29, 1.82) is 0 Å². The Kier molecular flexibility index (Phi) is 13.2. The molecule has 2 fully saturated rings. The van der Waals surface area contributed by atoms with Gasteiger partial charge in [-0.1, -0.05) is 13.8 Å². The van der Waals surface area contributed by atoms with Crippen molar-refractivity contribution in [3.05, 3.63) is 56.4 Å². The number of rotatable bonds is 4. The first kappa shape index (κ1) is 32.5. The number of hydrogen-bond donors (Lipinski definition) is 3. The van der Waals surface area contributed by atoms with Gasteiger partial charge >= 0.3 is 0 Å². The fourth-order valence-electron chi connectivity index (χ4n) is 4.52. The molecule has 2 aliphatic rings. The van der Waals surface area contributed by atoms with Crippen molar-refractivity contribution in [3.8, 4) is 0 Å². The summed E-state index contributed by atoms with van der Waals surface area (Å²) in [5.74, 6) is 3.02. The Morgan fingerprint density at radius 2 is 1.31 bits per heavy atom. The van der Waals surface area contributed by atoms with Crippen molar-refractivity contribution in [3.63, 3.8) is 0 Å². The van der Waals surface area contributed by atoms with E-state index in [1.807, 2.05) is 0 Å². The van der Waals surface area contributed by atoms with E-state index < -0.39 is 9.23 Å². The molecular formula is C24H33Cl3N8O6S. The Bertz CT molecular complexity index is 1470. The molecule has 2 aliphatic heterocycles. The van der Waals surface area contributed by atoms with E-state index in [1.165, 1.54) is 6.20 Å². The number of aliphatic hydroxyl groups is 1. The minimum atomic E-state index is -1.67. The highest BCUT2D eigenvalue weighted by atomic mass is 36.0. The van der Waals surface area contributed by atoms with Gasteiger partial charge in [0.15, 0.2) is 16.9 Å². The number of H-pyrrole nitrogens is 2. The summed E-state index contributed by atoms with van der Waals surface area (Å²) in [5, 5.41) is 17.6. The number of hydrogen-bond acceptors (Lipinski definition) is 10. The fourth-order valence-corrected chi connectivity index (χ4v) is 4.64. The number of nitrogens with zero attached hydrogens (tertiary/aromatic N) is 6. The van der Waals surface area contributed by atoms with Crippen molar-refractivity contribution in [2.45, 2.75) is 63.8 Å². The summed E-state index contributed by atoms with van der Waals surface area (Å²) >= 11 is 5.72. The average molecular weight is 669 g/mol. The molecule has 18 heteroatoms. The summed E-state index contributed by atoms with van der Waals surface area (Å²) in [7, 11) is 7.36. The summed E-state index contributed by atoms with van der Waals surface area (Å²) in [5.41, 5.74) is 0.394. The van der Waals surface area contributed by atoms with Gasteiger partial charge in [-0.15, -0.1) is 11.6 Å². The highest BCUT2D eigenvalue weighted by Gasteiger charge is 2.23. The van der Waals surface area contributed by atoms with Crippen LogP contribution in [-0.2, 0) is 31.2 Å². The molecule has 0 saturated carbocycles. The summed E-state index contributed by atoms with van der Waals surface area (Å²) in [6, 6.07) is 0. The first-order valence-corrected chi connectivity index (χ1v) is 16.4. The van der Waals surface area contributed by atoms with Gasteiger partial charge in [-0.25, -0.2) is 23.2 Å².